The van der Waals surface area contributed by atoms with Crippen molar-refractivity contribution >= 4 is 23.3 Å². The average molecular weight is 424 g/mol. The predicted octanol–water partition coefficient (Wildman–Crippen LogP) is 3.84. The molecule has 156 valence electrons. The number of nitrogens with zero attached hydrogens (tertiary/aromatic N) is 4. The molecule has 13 heteroatoms. The number of halogens is 4. The fourth-order valence-corrected chi connectivity index (χ4v) is 2.34. The highest BCUT2D eigenvalue weighted by Crippen LogP contribution is 2.38. The number of anilines is 3. The van der Waals surface area contributed by atoms with Gasteiger partial charge in [-0.1, -0.05) is 0 Å². The lowest BCUT2D eigenvalue weighted by Gasteiger charge is -2.13. The van der Waals surface area contributed by atoms with Gasteiger partial charge < -0.3 is 15.8 Å². The zero-order chi connectivity index (χ0) is 21.9. The monoisotopic (exact) mass is 424 g/mol. The molecule has 0 unspecified atom stereocenters. The van der Waals surface area contributed by atoms with E-state index in [1.807, 2.05) is 0 Å². The highest BCUT2D eigenvalue weighted by molar-refractivity contribution is 5.53. The molecule has 0 saturated carbocycles. The Balaban J connectivity index is 1.81. The number of hydrogen-bond donors (Lipinski definition) is 2. The maximum absolute atomic E-state index is 13.2. The Labute approximate surface area is 165 Å². The Hall–Kier alpha value is -4.03. The van der Waals surface area contributed by atoms with Crippen LogP contribution in [0.3, 0.4) is 0 Å². The summed E-state index contributed by atoms with van der Waals surface area (Å²) in [5, 5.41) is 13.5. The van der Waals surface area contributed by atoms with E-state index >= 15 is 0 Å². The molecule has 0 aliphatic rings. The van der Waals surface area contributed by atoms with Gasteiger partial charge in [-0.3, -0.25) is 10.1 Å². The number of ether oxygens (including phenoxy) is 1. The van der Waals surface area contributed by atoms with Crippen molar-refractivity contribution in [2.75, 3.05) is 11.1 Å². The molecule has 0 saturated heterocycles. The van der Waals surface area contributed by atoms with E-state index in [4.69, 9.17) is 10.5 Å². The Morgan fingerprint density at radius 2 is 1.80 bits per heavy atom. The molecule has 3 rings (SSSR count). The Morgan fingerprint density at radius 3 is 2.43 bits per heavy atom. The predicted molar refractivity (Wildman–Crippen MR) is 96.4 cm³/mol. The van der Waals surface area contributed by atoms with Crippen molar-refractivity contribution in [2.24, 2.45) is 0 Å². The molecule has 1 heterocycles. The minimum absolute atomic E-state index is 0.0348. The van der Waals surface area contributed by atoms with Gasteiger partial charge in [0, 0.05) is 17.8 Å². The van der Waals surface area contributed by atoms with Crippen molar-refractivity contribution in [3.05, 3.63) is 69.8 Å². The van der Waals surface area contributed by atoms with E-state index in [1.165, 1.54) is 24.3 Å². The van der Waals surface area contributed by atoms with Gasteiger partial charge in [0.15, 0.2) is 5.82 Å². The number of nitro groups is 1. The van der Waals surface area contributed by atoms with Crippen LogP contribution in [0.25, 0.3) is 0 Å². The van der Waals surface area contributed by atoms with Gasteiger partial charge in [0.25, 0.3) is 5.69 Å². The number of nitrogens with two attached hydrogens (primary N) is 1. The summed E-state index contributed by atoms with van der Waals surface area (Å²) in [5.74, 6) is -1.45. The van der Waals surface area contributed by atoms with E-state index < -0.39 is 40.5 Å². The van der Waals surface area contributed by atoms with E-state index in [2.05, 4.69) is 20.3 Å². The van der Waals surface area contributed by atoms with E-state index in [0.29, 0.717) is 11.8 Å². The second kappa shape index (κ2) is 8.14. The minimum Gasteiger partial charge on any atom is -0.485 e. The molecule has 30 heavy (non-hydrogen) atoms. The van der Waals surface area contributed by atoms with Crippen molar-refractivity contribution in [1.29, 1.82) is 0 Å². The van der Waals surface area contributed by atoms with E-state index in [0.717, 1.165) is 12.1 Å². The summed E-state index contributed by atoms with van der Waals surface area (Å²) < 4.78 is 57.8. The third kappa shape index (κ3) is 5.06. The number of alkyl halides is 3. The van der Waals surface area contributed by atoms with Gasteiger partial charge in [-0.25, -0.2) is 4.39 Å². The Morgan fingerprint density at radius 1 is 1.10 bits per heavy atom. The number of rotatable bonds is 6. The molecule has 0 fully saturated rings. The molecular formula is C17H12F4N6O3. The summed E-state index contributed by atoms with van der Waals surface area (Å²) in [7, 11) is 0. The molecule has 0 amide bonds. The Kier molecular flexibility index (Phi) is 5.62. The number of aromatic nitrogens is 3. The van der Waals surface area contributed by atoms with Crippen LogP contribution in [0.2, 0.25) is 0 Å². The first-order valence-electron chi connectivity index (χ1n) is 8.13. The molecule has 0 spiro atoms. The lowest BCUT2D eigenvalue weighted by molar-refractivity contribution is -0.385. The van der Waals surface area contributed by atoms with Crippen LogP contribution in [0.15, 0.2) is 42.5 Å². The smallest absolute Gasteiger partial charge is 0.420 e. The van der Waals surface area contributed by atoms with Gasteiger partial charge in [-0.15, -0.1) is 0 Å². The van der Waals surface area contributed by atoms with Crippen LogP contribution < -0.4 is 15.8 Å². The van der Waals surface area contributed by atoms with Crippen LogP contribution in [0.5, 0.6) is 5.75 Å². The molecule has 9 nitrogen and oxygen atoms in total. The fraction of sp³-hybridized carbons (Fsp3) is 0.118. The first kappa shape index (κ1) is 20.7. The molecule has 0 bridgehead atoms. The molecule has 0 radical (unpaired) electrons. The second-order valence-electron chi connectivity index (χ2n) is 5.79. The van der Waals surface area contributed by atoms with Gasteiger partial charge in [0.2, 0.25) is 11.9 Å². The Bertz CT molecular complexity index is 1080. The molecule has 2 aromatic carbocycles. The van der Waals surface area contributed by atoms with Gasteiger partial charge in [0.1, 0.15) is 23.7 Å². The molecule has 3 aromatic rings. The highest BCUT2D eigenvalue weighted by atomic mass is 19.4. The van der Waals surface area contributed by atoms with Gasteiger partial charge in [0.05, 0.1) is 4.92 Å². The third-order valence-electron chi connectivity index (χ3n) is 3.64. The molecule has 3 N–H and O–H groups in total. The number of benzene rings is 2. The van der Waals surface area contributed by atoms with Crippen LogP contribution in [0.4, 0.5) is 40.8 Å². The zero-order valence-corrected chi connectivity index (χ0v) is 14.9. The van der Waals surface area contributed by atoms with Crippen molar-refractivity contribution in [1.82, 2.24) is 15.0 Å². The number of non-ortho nitro benzene ring substituents is 1. The standard InChI is InChI=1S/C17H12F4N6O3/c18-9-1-3-10(4-2-9)23-16-25-14(24-15(22)26-16)8-30-13-6-5-11(27(28)29)7-12(13)17(19,20)21/h1-7H,8H2,(H3,22,23,24,25,26). The van der Waals surface area contributed by atoms with E-state index in [-0.39, 0.29) is 17.7 Å². The number of hydrogen-bond acceptors (Lipinski definition) is 8. The quantitative estimate of drug-likeness (QED) is 0.347. The lowest BCUT2D eigenvalue weighted by Crippen LogP contribution is -2.12. The largest absolute Gasteiger partial charge is 0.485 e. The second-order valence-corrected chi connectivity index (χ2v) is 5.79. The van der Waals surface area contributed by atoms with E-state index in [1.54, 1.807) is 0 Å². The molecular weight excluding hydrogens is 412 g/mol. The highest BCUT2D eigenvalue weighted by Gasteiger charge is 2.36. The van der Waals surface area contributed by atoms with Crippen molar-refractivity contribution in [3.63, 3.8) is 0 Å². The zero-order valence-electron chi connectivity index (χ0n) is 14.9. The summed E-state index contributed by atoms with van der Waals surface area (Å²) in [4.78, 5) is 21.4. The van der Waals surface area contributed by atoms with E-state index in [9.17, 15) is 27.7 Å². The van der Waals surface area contributed by atoms with Crippen LogP contribution in [-0.4, -0.2) is 19.9 Å². The van der Waals surface area contributed by atoms with Gasteiger partial charge in [-0.2, -0.15) is 28.1 Å². The molecule has 0 aliphatic heterocycles. The number of nitro benzene ring substituents is 1. The topological polar surface area (TPSA) is 129 Å². The summed E-state index contributed by atoms with van der Waals surface area (Å²) in [6, 6.07) is 7.32. The third-order valence-corrected chi connectivity index (χ3v) is 3.64. The molecule has 1 aromatic heterocycles. The minimum atomic E-state index is -4.88. The summed E-state index contributed by atoms with van der Waals surface area (Å²) in [6.07, 6.45) is -4.88. The summed E-state index contributed by atoms with van der Waals surface area (Å²) in [6.45, 7) is -0.522. The SMILES string of the molecule is Nc1nc(COc2ccc([N+](=O)[O-])cc2C(F)(F)F)nc(Nc2ccc(F)cc2)n1. The first-order chi connectivity index (χ1) is 14.1. The van der Waals surface area contributed by atoms with Crippen molar-refractivity contribution in [3.8, 4) is 5.75 Å². The van der Waals surface area contributed by atoms with Crippen LogP contribution in [-0.2, 0) is 12.8 Å². The van der Waals surface area contributed by atoms with Crippen LogP contribution in [0.1, 0.15) is 11.4 Å². The first-order valence-corrected chi connectivity index (χ1v) is 8.13. The van der Waals surface area contributed by atoms with Crippen molar-refractivity contribution < 1.29 is 27.2 Å². The summed E-state index contributed by atoms with van der Waals surface area (Å²) in [5.41, 5.74) is 3.97. The van der Waals surface area contributed by atoms with Crippen molar-refractivity contribution in [2.45, 2.75) is 12.8 Å². The normalized spacial score (nSPS) is 11.2. The van der Waals surface area contributed by atoms with Crippen LogP contribution in [0, 0.1) is 15.9 Å². The molecule has 0 atom stereocenters. The maximum atomic E-state index is 13.2. The fourth-order valence-electron chi connectivity index (χ4n) is 2.34. The van der Waals surface area contributed by atoms with Gasteiger partial charge >= 0.3 is 6.18 Å². The van der Waals surface area contributed by atoms with Crippen LogP contribution >= 0.6 is 0 Å². The summed E-state index contributed by atoms with van der Waals surface area (Å²) >= 11 is 0. The average Bonchev–Trinajstić information content (AvgIpc) is 2.67. The molecule has 0 aliphatic carbocycles. The maximum Gasteiger partial charge on any atom is 0.420 e. The van der Waals surface area contributed by atoms with Gasteiger partial charge in [-0.05, 0) is 30.3 Å². The number of nitrogen functional groups attached to an aromatic ring is 1. The number of nitrogens with one attached hydrogen (secondary N) is 1. The lowest BCUT2D eigenvalue weighted by atomic mass is 10.1.